The van der Waals surface area contributed by atoms with Crippen molar-refractivity contribution >= 4 is 22.9 Å². The number of allylic oxidation sites excluding steroid dienone is 1. The Morgan fingerprint density at radius 1 is 1.06 bits per heavy atom. The van der Waals surface area contributed by atoms with Crippen LogP contribution in [0.15, 0.2) is 76.1 Å². The molecule has 0 saturated carbocycles. The van der Waals surface area contributed by atoms with Crippen molar-refractivity contribution in [2.24, 2.45) is 10.2 Å². The highest BCUT2D eigenvalue weighted by Crippen LogP contribution is 2.32. The van der Waals surface area contributed by atoms with Gasteiger partial charge in [-0.05, 0) is 38.1 Å². The number of benzene rings is 2. The predicted molar refractivity (Wildman–Crippen MR) is 138 cm³/mol. The van der Waals surface area contributed by atoms with Crippen LogP contribution in [0.25, 0.3) is 0 Å². The van der Waals surface area contributed by atoms with Crippen LogP contribution in [-0.4, -0.2) is 56.0 Å². The highest BCUT2D eigenvalue weighted by molar-refractivity contribution is 6.53. The van der Waals surface area contributed by atoms with Gasteiger partial charge in [-0.25, -0.2) is 4.39 Å². The molecule has 8 heteroatoms. The van der Waals surface area contributed by atoms with E-state index in [1.54, 1.807) is 4.90 Å². The van der Waals surface area contributed by atoms with E-state index in [1.807, 2.05) is 82.5 Å². The van der Waals surface area contributed by atoms with Gasteiger partial charge < -0.3 is 20.3 Å². The van der Waals surface area contributed by atoms with Crippen LogP contribution in [0.4, 0.5) is 10.1 Å². The van der Waals surface area contributed by atoms with Crippen LogP contribution in [-0.2, 0) is 0 Å². The molecule has 1 aliphatic rings. The van der Waals surface area contributed by atoms with Crippen molar-refractivity contribution in [3.8, 4) is 5.75 Å². The zero-order valence-corrected chi connectivity index (χ0v) is 20.2. The quantitative estimate of drug-likeness (QED) is 0.441. The second kappa shape index (κ2) is 12.1. The van der Waals surface area contributed by atoms with Gasteiger partial charge in [0.1, 0.15) is 24.2 Å². The molecule has 2 aromatic rings. The fourth-order valence-electron chi connectivity index (χ4n) is 3.76. The van der Waals surface area contributed by atoms with Crippen LogP contribution in [0, 0.1) is 5.41 Å². The average Bonchev–Trinajstić information content (AvgIpc) is 2.82. The fourth-order valence-corrected chi connectivity index (χ4v) is 3.76. The van der Waals surface area contributed by atoms with Crippen molar-refractivity contribution < 1.29 is 9.13 Å². The number of nitrogens with zero attached hydrogens (tertiary/aromatic N) is 3. The standard InChI is InChI=1S/C26H33FN6O/c1-18(24-19(2)31-32-26(25(24)28)33(3)4)30-21-12-8-9-13-23(21)34-22(14-16-29-17-15-27)20-10-6-5-7-11-20/h5-13,22,28-30H,14-17H2,1-4H3/b24-18-,28-25?. The average molecular weight is 465 g/mol. The molecule has 7 nitrogen and oxygen atoms in total. The second-order valence-corrected chi connectivity index (χ2v) is 8.24. The molecule has 3 N–H and O–H groups in total. The molecule has 0 bridgehead atoms. The van der Waals surface area contributed by atoms with Gasteiger partial charge >= 0.3 is 0 Å². The third-order valence-corrected chi connectivity index (χ3v) is 5.43. The summed E-state index contributed by atoms with van der Waals surface area (Å²) in [5.74, 6) is 1.21. The number of halogens is 1. The number of para-hydroxylation sites is 2. The summed E-state index contributed by atoms with van der Waals surface area (Å²) in [6.45, 7) is 4.35. The van der Waals surface area contributed by atoms with Gasteiger partial charge in [-0.15, -0.1) is 5.10 Å². The smallest absolute Gasteiger partial charge is 0.176 e. The molecule has 1 unspecified atom stereocenters. The van der Waals surface area contributed by atoms with Crippen LogP contribution in [0.2, 0.25) is 0 Å². The molecule has 0 spiro atoms. The third kappa shape index (κ3) is 6.29. The summed E-state index contributed by atoms with van der Waals surface area (Å²) in [5.41, 5.74) is 4.35. The summed E-state index contributed by atoms with van der Waals surface area (Å²) in [6, 6.07) is 17.8. The third-order valence-electron chi connectivity index (χ3n) is 5.43. The molecule has 180 valence electrons. The molecule has 1 aliphatic heterocycles. The predicted octanol–water partition coefficient (Wildman–Crippen LogP) is 4.81. The largest absolute Gasteiger partial charge is 0.484 e. The minimum atomic E-state index is -0.393. The Morgan fingerprint density at radius 3 is 2.47 bits per heavy atom. The Bertz CT molecular complexity index is 1080. The Labute approximate surface area is 200 Å². The summed E-state index contributed by atoms with van der Waals surface area (Å²) < 4.78 is 19.0. The van der Waals surface area contributed by atoms with E-state index in [4.69, 9.17) is 10.1 Å². The summed E-state index contributed by atoms with van der Waals surface area (Å²) in [5, 5.41) is 23.6. The molecule has 2 aromatic carbocycles. The van der Waals surface area contributed by atoms with Gasteiger partial charge in [0.15, 0.2) is 5.84 Å². The zero-order valence-electron chi connectivity index (χ0n) is 20.2. The Balaban J connectivity index is 1.86. The normalized spacial score (nSPS) is 15.9. The second-order valence-electron chi connectivity index (χ2n) is 8.24. The molecule has 0 amide bonds. The number of rotatable bonds is 10. The van der Waals surface area contributed by atoms with Crippen LogP contribution in [0.5, 0.6) is 5.75 Å². The van der Waals surface area contributed by atoms with Crippen molar-refractivity contribution in [1.82, 2.24) is 10.2 Å². The first-order valence-electron chi connectivity index (χ1n) is 11.4. The van der Waals surface area contributed by atoms with Crippen LogP contribution in [0.3, 0.4) is 0 Å². The summed E-state index contributed by atoms with van der Waals surface area (Å²) in [7, 11) is 3.69. The summed E-state index contributed by atoms with van der Waals surface area (Å²) >= 11 is 0. The maximum Gasteiger partial charge on any atom is 0.176 e. The minimum Gasteiger partial charge on any atom is -0.484 e. The number of anilines is 1. The van der Waals surface area contributed by atoms with E-state index in [0.29, 0.717) is 48.1 Å². The van der Waals surface area contributed by atoms with E-state index in [9.17, 15) is 4.39 Å². The maximum absolute atomic E-state index is 12.5. The van der Waals surface area contributed by atoms with Crippen molar-refractivity contribution in [3.05, 3.63) is 71.4 Å². The highest BCUT2D eigenvalue weighted by Gasteiger charge is 2.24. The monoisotopic (exact) mass is 464 g/mol. The number of amidine groups is 1. The van der Waals surface area contributed by atoms with E-state index in [-0.39, 0.29) is 6.10 Å². The molecule has 34 heavy (non-hydrogen) atoms. The molecule has 0 saturated heterocycles. The number of ether oxygens (including phenoxy) is 1. The van der Waals surface area contributed by atoms with Gasteiger partial charge in [0.25, 0.3) is 0 Å². The minimum absolute atomic E-state index is 0.201. The van der Waals surface area contributed by atoms with Gasteiger partial charge in [-0.3, -0.25) is 5.41 Å². The van der Waals surface area contributed by atoms with E-state index >= 15 is 0 Å². The lowest BCUT2D eigenvalue weighted by molar-refractivity contribution is 0.195. The molecule has 0 radical (unpaired) electrons. The molecule has 1 heterocycles. The van der Waals surface area contributed by atoms with E-state index in [1.165, 1.54) is 0 Å². The lowest BCUT2D eigenvalue weighted by Crippen LogP contribution is -2.35. The highest BCUT2D eigenvalue weighted by atomic mass is 19.1. The molecule has 0 fully saturated rings. The maximum atomic E-state index is 12.5. The Kier molecular flexibility index (Phi) is 8.93. The van der Waals surface area contributed by atoms with Gasteiger partial charge in [-0.2, -0.15) is 5.10 Å². The molecule has 3 rings (SSSR count). The topological polar surface area (TPSA) is 85.1 Å². The molecule has 1 atom stereocenters. The number of alkyl halides is 1. The first-order valence-corrected chi connectivity index (χ1v) is 11.4. The zero-order chi connectivity index (χ0) is 24.5. The van der Waals surface area contributed by atoms with Crippen LogP contribution >= 0.6 is 0 Å². The van der Waals surface area contributed by atoms with E-state index in [2.05, 4.69) is 20.8 Å². The first kappa shape index (κ1) is 25.1. The summed E-state index contributed by atoms with van der Waals surface area (Å²) in [6.07, 6.45) is 0.491. The van der Waals surface area contributed by atoms with Crippen molar-refractivity contribution in [1.29, 1.82) is 5.41 Å². The van der Waals surface area contributed by atoms with Crippen molar-refractivity contribution in [3.63, 3.8) is 0 Å². The van der Waals surface area contributed by atoms with Gasteiger partial charge in [0.05, 0.1) is 11.4 Å². The number of hydrogen-bond donors (Lipinski definition) is 3. The van der Waals surface area contributed by atoms with Crippen molar-refractivity contribution in [2.75, 3.05) is 39.2 Å². The van der Waals surface area contributed by atoms with Gasteiger partial charge in [0, 0.05) is 38.3 Å². The molecule has 0 aromatic heterocycles. The Morgan fingerprint density at radius 2 is 1.76 bits per heavy atom. The van der Waals surface area contributed by atoms with Gasteiger partial charge in [0.2, 0.25) is 0 Å². The lowest BCUT2D eigenvalue weighted by Gasteiger charge is -2.24. The number of nitrogens with one attached hydrogen (secondary N) is 3. The Hall–Kier alpha value is -3.52. The summed E-state index contributed by atoms with van der Waals surface area (Å²) in [4.78, 5) is 1.78. The van der Waals surface area contributed by atoms with Crippen LogP contribution in [0.1, 0.15) is 31.9 Å². The fraction of sp³-hybridized carbons (Fsp3) is 0.346. The van der Waals surface area contributed by atoms with Crippen molar-refractivity contribution in [2.45, 2.75) is 26.4 Å². The lowest BCUT2D eigenvalue weighted by atomic mass is 10.0. The first-order chi connectivity index (χ1) is 16.4. The SMILES string of the molecule is CC1=NN=C(N(C)C)C(=N)/C1=C(/C)Nc1ccccc1OC(CCNCCF)c1ccccc1. The van der Waals surface area contributed by atoms with E-state index in [0.717, 1.165) is 16.9 Å². The molecular weight excluding hydrogens is 431 g/mol. The molecular formula is C26H33FN6O. The molecule has 0 aliphatic carbocycles. The van der Waals surface area contributed by atoms with Gasteiger partial charge in [-0.1, -0.05) is 42.5 Å². The van der Waals surface area contributed by atoms with E-state index < -0.39 is 6.67 Å². The van der Waals surface area contributed by atoms with Crippen LogP contribution < -0.4 is 15.4 Å². The number of hydrogen-bond acceptors (Lipinski definition) is 7.